The number of hydrogen-bond donors (Lipinski definition) is 0. The molecule has 0 spiro atoms. The molecule has 0 aliphatic carbocycles. The summed E-state index contributed by atoms with van der Waals surface area (Å²) in [6.45, 7) is 0. The number of para-hydroxylation sites is 2. The monoisotopic (exact) mass is 221 g/mol. The number of carbonyl (C=O) groups is 1. The van der Waals surface area contributed by atoms with Gasteiger partial charge >= 0.3 is 5.12 Å². The molecule has 0 bridgehead atoms. The van der Waals surface area contributed by atoms with E-state index in [1.807, 2.05) is 48.4 Å². The standard InChI is InChI=1S/C11H13N2OS/c1-13-9-7-5-4-6-8(9)12-10(13)11(14)15(2)3/h4-7H,1-3H3/q+1. The van der Waals surface area contributed by atoms with Crippen LogP contribution in [0, 0.1) is 0 Å². The molecule has 4 heteroatoms. The maximum atomic E-state index is 11.9. The third kappa shape index (κ3) is 1.65. The Bertz CT molecular complexity index is 516. The quantitative estimate of drug-likeness (QED) is 0.685. The lowest BCUT2D eigenvalue weighted by Crippen LogP contribution is -2.16. The summed E-state index contributed by atoms with van der Waals surface area (Å²) in [4.78, 5) is 16.2. The predicted molar refractivity (Wildman–Crippen MR) is 64.3 cm³/mol. The van der Waals surface area contributed by atoms with Crippen LogP contribution in [-0.2, 0) is 17.9 Å². The second-order valence-electron chi connectivity index (χ2n) is 3.59. The molecule has 0 radical (unpaired) electrons. The normalized spacial score (nSPS) is 11.2. The number of aryl methyl sites for hydroxylation is 1. The van der Waals surface area contributed by atoms with Crippen LogP contribution in [0.2, 0.25) is 0 Å². The zero-order valence-electron chi connectivity index (χ0n) is 9.02. The van der Waals surface area contributed by atoms with Crippen LogP contribution in [0.15, 0.2) is 24.3 Å². The van der Waals surface area contributed by atoms with E-state index in [1.165, 1.54) is 0 Å². The predicted octanol–water partition coefficient (Wildman–Crippen LogP) is 1.59. The van der Waals surface area contributed by atoms with Crippen LogP contribution in [0.3, 0.4) is 0 Å². The highest BCUT2D eigenvalue weighted by Gasteiger charge is 2.25. The number of imidazole rings is 1. The lowest BCUT2D eigenvalue weighted by Gasteiger charge is -1.97. The van der Waals surface area contributed by atoms with Crippen LogP contribution in [0.25, 0.3) is 11.0 Å². The summed E-state index contributed by atoms with van der Waals surface area (Å²) in [5.74, 6) is 0.560. The van der Waals surface area contributed by atoms with E-state index in [0.29, 0.717) is 5.82 Å². The average Bonchev–Trinajstić information content (AvgIpc) is 2.56. The van der Waals surface area contributed by atoms with Gasteiger partial charge in [0.05, 0.1) is 21.9 Å². The van der Waals surface area contributed by atoms with Crippen LogP contribution >= 0.6 is 0 Å². The number of carbonyl (C=O) groups excluding carboxylic acids is 1. The smallest absolute Gasteiger partial charge is 0.320 e. The number of rotatable bonds is 1. The first-order valence-electron chi connectivity index (χ1n) is 4.64. The molecular weight excluding hydrogens is 208 g/mol. The summed E-state index contributed by atoms with van der Waals surface area (Å²) >= 11 is 0. The van der Waals surface area contributed by atoms with E-state index in [0.717, 1.165) is 11.0 Å². The molecule has 0 atom stereocenters. The van der Waals surface area contributed by atoms with Crippen LogP contribution in [-0.4, -0.2) is 27.2 Å². The number of hydrogen-bond acceptors (Lipinski definition) is 2. The van der Waals surface area contributed by atoms with E-state index in [9.17, 15) is 4.79 Å². The lowest BCUT2D eigenvalue weighted by molar-refractivity contribution is 0.107. The Kier molecular flexibility index (Phi) is 2.52. The molecule has 15 heavy (non-hydrogen) atoms. The SMILES string of the molecule is Cn1c(C(=O)[S+](C)C)nc2ccccc21. The van der Waals surface area contributed by atoms with Gasteiger partial charge in [0.25, 0.3) is 0 Å². The van der Waals surface area contributed by atoms with Crippen molar-refractivity contribution in [1.82, 2.24) is 9.55 Å². The zero-order chi connectivity index (χ0) is 11.0. The maximum Gasteiger partial charge on any atom is 0.396 e. The van der Waals surface area contributed by atoms with Crippen LogP contribution < -0.4 is 0 Å². The fourth-order valence-electron chi connectivity index (χ4n) is 1.51. The highest BCUT2D eigenvalue weighted by atomic mass is 32.2. The molecule has 0 saturated carbocycles. The third-order valence-corrected chi connectivity index (χ3v) is 3.26. The van der Waals surface area contributed by atoms with Gasteiger partial charge in [-0.1, -0.05) is 12.1 Å². The lowest BCUT2D eigenvalue weighted by atomic mass is 10.3. The second kappa shape index (κ2) is 3.70. The minimum absolute atomic E-state index is 0.119. The van der Waals surface area contributed by atoms with Crippen molar-refractivity contribution in [2.24, 2.45) is 7.05 Å². The first kappa shape index (κ1) is 10.2. The van der Waals surface area contributed by atoms with Crippen molar-refractivity contribution in [3.63, 3.8) is 0 Å². The summed E-state index contributed by atoms with van der Waals surface area (Å²) in [6, 6.07) is 7.79. The van der Waals surface area contributed by atoms with E-state index in [2.05, 4.69) is 4.98 Å². The van der Waals surface area contributed by atoms with Gasteiger partial charge in [0.2, 0.25) is 5.82 Å². The Labute approximate surface area is 91.5 Å². The van der Waals surface area contributed by atoms with Gasteiger partial charge in [-0.05, 0) is 12.1 Å². The van der Waals surface area contributed by atoms with Crippen molar-refractivity contribution in [3.05, 3.63) is 30.1 Å². The highest BCUT2D eigenvalue weighted by Crippen LogP contribution is 2.15. The van der Waals surface area contributed by atoms with Crippen LogP contribution in [0.1, 0.15) is 10.6 Å². The van der Waals surface area contributed by atoms with Gasteiger partial charge in [-0.2, -0.15) is 0 Å². The van der Waals surface area contributed by atoms with Crippen molar-refractivity contribution in [2.45, 2.75) is 0 Å². The maximum absolute atomic E-state index is 11.9. The number of nitrogens with zero attached hydrogens (tertiary/aromatic N) is 2. The topological polar surface area (TPSA) is 34.9 Å². The van der Waals surface area contributed by atoms with E-state index in [4.69, 9.17) is 0 Å². The molecule has 1 heterocycles. The van der Waals surface area contributed by atoms with E-state index < -0.39 is 0 Å². The number of aromatic nitrogens is 2. The van der Waals surface area contributed by atoms with Crippen LogP contribution in [0.4, 0.5) is 0 Å². The first-order chi connectivity index (χ1) is 7.11. The van der Waals surface area contributed by atoms with Gasteiger partial charge in [0.15, 0.2) is 0 Å². The minimum atomic E-state index is -0.270. The molecule has 3 nitrogen and oxygen atoms in total. The number of benzene rings is 1. The molecule has 1 aromatic heterocycles. The molecule has 0 fully saturated rings. The Balaban J connectivity index is 2.63. The van der Waals surface area contributed by atoms with Gasteiger partial charge in [0, 0.05) is 7.05 Å². The van der Waals surface area contributed by atoms with Crippen LogP contribution in [0.5, 0.6) is 0 Å². The Hall–Kier alpha value is -1.29. The Morgan fingerprint density at radius 1 is 1.33 bits per heavy atom. The molecule has 78 valence electrons. The first-order valence-corrected chi connectivity index (χ1v) is 6.68. The summed E-state index contributed by atoms with van der Waals surface area (Å²) < 4.78 is 1.87. The van der Waals surface area contributed by atoms with Crippen molar-refractivity contribution >= 4 is 27.0 Å². The van der Waals surface area contributed by atoms with Crippen molar-refractivity contribution in [2.75, 3.05) is 12.5 Å². The Morgan fingerprint density at radius 3 is 2.60 bits per heavy atom. The van der Waals surface area contributed by atoms with Crippen molar-refractivity contribution < 1.29 is 4.79 Å². The van der Waals surface area contributed by atoms with E-state index >= 15 is 0 Å². The zero-order valence-corrected chi connectivity index (χ0v) is 9.84. The summed E-state index contributed by atoms with van der Waals surface area (Å²) in [5.41, 5.74) is 1.89. The van der Waals surface area contributed by atoms with Crippen molar-refractivity contribution in [3.8, 4) is 0 Å². The molecule has 2 rings (SSSR count). The van der Waals surface area contributed by atoms with Gasteiger partial charge in [-0.3, -0.25) is 0 Å². The third-order valence-electron chi connectivity index (χ3n) is 2.34. The summed E-state index contributed by atoms with van der Waals surface area (Å²) in [5, 5.41) is 0.119. The van der Waals surface area contributed by atoms with E-state index in [1.54, 1.807) is 0 Å². The summed E-state index contributed by atoms with van der Waals surface area (Å²) in [6.07, 6.45) is 3.84. The fraction of sp³-hybridized carbons (Fsp3) is 0.273. The fourth-order valence-corrected chi connectivity index (χ4v) is 2.06. The molecule has 1 aromatic carbocycles. The molecule has 0 aliphatic rings. The largest absolute Gasteiger partial charge is 0.396 e. The second-order valence-corrected chi connectivity index (χ2v) is 5.59. The Morgan fingerprint density at radius 2 is 2.00 bits per heavy atom. The molecule has 2 aromatic rings. The van der Waals surface area contributed by atoms with Gasteiger partial charge in [-0.25, -0.2) is 9.78 Å². The molecular formula is C11H13N2OS+. The molecule has 0 unspecified atom stereocenters. The van der Waals surface area contributed by atoms with Gasteiger partial charge in [0.1, 0.15) is 12.5 Å². The molecule has 0 amide bonds. The average molecular weight is 221 g/mol. The molecule has 0 aliphatic heterocycles. The van der Waals surface area contributed by atoms with Crippen molar-refractivity contribution in [1.29, 1.82) is 0 Å². The van der Waals surface area contributed by atoms with Gasteiger partial charge < -0.3 is 4.57 Å². The van der Waals surface area contributed by atoms with E-state index in [-0.39, 0.29) is 16.0 Å². The highest BCUT2D eigenvalue weighted by molar-refractivity contribution is 8.10. The molecule has 0 saturated heterocycles. The minimum Gasteiger partial charge on any atom is -0.320 e. The summed E-state index contributed by atoms with van der Waals surface area (Å²) in [7, 11) is 1.61. The molecule has 0 N–H and O–H groups in total. The number of fused-ring (bicyclic) bond motifs is 1. The van der Waals surface area contributed by atoms with Gasteiger partial charge in [-0.15, -0.1) is 0 Å².